The number of fused-ring (bicyclic) bond motifs is 1. The Hall–Kier alpha value is -2.60. The molecule has 6 heteroatoms. The predicted molar refractivity (Wildman–Crippen MR) is 93.0 cm³/mol. The number of rotatable bonds is 4. The second-order valence-corrected chi connectivity index (χ2v) is 6.15. The van der Waals surface area contributed by atoms with Gasteiger partial charge in [0, 0.05) is 37.8 Å². The Bertz CT molecular complexity index is 964. The van der Waals surface area contributed by atoms with Crippen molar-refractivity contribution in [2.75, 3.05) is 7.05 Å². The maximum Gasteiger partial charge on any atom is 0.330 e. The van der Waals surface area contributed by atoms with Gasteiger partial charge in [0.05, 0.1) is 6.04 Å². The van der Waals surface area contributed by atoms with Crippen molar-refractivity contribution in [3.8, 4) is 0 Å². The molecule has 0 aliphatic rings. The lowest BCUT2D eigenvalue weighted by Crippen LogP contribution is -2.39. The predicted octanol–water partition coefficient (Wildman–Crippen LogP) is 2.02. The van der Waals surface area contributed by atoms with E-state index >= 15 is 0 Å². The number of nitrogens with zero attached hydrogens (tertiary/aromatic N) is 3. The fourth-order valence-corrected chi connectivity index (χ4v) is 2.75. The lowest BCUT2D eigenvalue weighted by Gasteiger charge is -2.24. The van der Waals surface area contributed by atoms with Gasteiger partial charge >= 0.3 is 5.69 Å². The van der Waals surface area contributed by atoms with Crippen molar-refractivity contribution >= 4 is 11.0 Å². The van der Waals surface area contributed by atoms with Crippen LogP contribution in [0.5, 0.6) is 0 Å². The molecule has 0 bridgehead atoms. The van der Waals surface area contributed by atoms with Gasteiger partial charge in [0.2, 0.25) is 0 Å². The highest BCUT2D eigenvalue weighted by Gasteiger charge is 2.18. The molecule has 0 radical (unpaired) electrons. The van der Waals surface area contributed by atoms with Gasteiger partial charge in [-0.25, -0.2) is 4.79 Å². The van der Waals surface area contributed by atoms with Gasteiger partial charge < -0.3 is 4.42 Å². The molecule has 0 fully saturated rings. The Labute approximate surface area is 139 Å². The maximum absolute atomic E-state index is 12.0. The SMILES string of the molecule is CC(c1cc2ccccc2o1)N(C)Cc1cc(=O)n(C)c(=O)n1C. The van der Waals surface area contributed by atoms with Crippen LogP contribution >= 0.6 is 0 Å². The molecule has 1 aromatic carbocycles. The summed E-state index contributed by atoms with van der Waals surface area (Å²) in [5, 5.41) is 1.06. The van der Waals surface area contributed by atoms with Crippen LogP contribution in [-0.2, 0) is 20.6 Å². The summed E-state index contributed by atoms with van der Waals surface area (Å²) < 4.78 is 8.52. The minimum Gasteiger partial charge on any atom is -0.459 e. The molecule has 0 amide bonds. The van der Waals surface area contributed by atoms with Crippen LogP contribution in [0.2, 0.25) is 0 Å². The van der Waals surface area contributed by atoms with E-state index < -0.39 is 0 Å². The van der Waals surface area contributed by atoms with Crippen molar-refractivity contribution in [2.24, 2.45) is 14.1 Å². The molecular weight excluding hydrogens is 306 g/mol. The van der Waals surface area contributed by atoms with E-state index in [-0.39, 0.29) is 17.3 Å². The molecule has 3 aromatic rings. The van der Waals surface area contributed by atoms with Crippen LogP contribution < -0.4 is 11.2 Å². The molecule has 3 rings (SSSR count). The number of aromatic nitrogens is 2. The van der Waals surface area contributed by atoms with E-state index in [9.17, 15) is 9.59 Å². The Balaban J connectivity index is 1.88. The van der Waals surface area contributed by atoms with Crippen LogP contribution in [0.15, 0.2) is 50.4 Å². The van der Waals surface area contributed by atoms with Crippen LogP contribution in [0.25, 0.3) is 11.0 Å². The van der Waals surface area contributed by atoms with Crippen molar-refractivity contribution < 1.29 is 4.42 Å². The van der Waals surface area contributed by atoms with Gasteiger partial charge in [0.15, 0.2) is 0 Å². The molecule has 2 aromatic heterocycles. The van der Waals surface area contributed by atoms with E-state index in [0.717, 1.165) is 21.3 Å². The largest absolute Gasteiger partial charge is 0.459 e. The highest BCUT2D eigenvalue weighted by molar-refractivity contribution is 5.77. The first kappa shape index (κ1) is 16.3. The smallest absolute Gasteiger partial charge is 0.330 e. The maximum atomic E-state index is 12.0. The van der Waals surface area contributed by atoms with Crippen molar-refractivity contribution in [1.29, 1.82) is 0 Å². The van der Waals surface area contributed by atoms with Gasteiger partial charge in [-0.1, -0.05) is 18.2 Å². The van der Waals surface area contributed by atoms with E-state index in [4.69, 9.17) is 4.42 Å². The van der Waals surface area contributed by atoms with E-state index in [1.807, 2.05) is 49.2 Å². The molecule has 2 heterocycles. The van der Waals surface area contributed by atoms with Gasteiger partial charge in [-0.3, -0.25) is 18.8 Å². The summed E-state index contributed by atoms with van der Waals surface area (Å²) in [5.41, 5.74) is 0.919. The van der Waals surface area contributed by atoms with Crippen LogP contribution in [0.4, 0.5) is 0 Å². The number of hydrogen-bond acceptors (Lipinski definition) is 4. The van der Waals surface area contributed by atoms with E-state index in [1.165, 1.54) is 17.7 Å². The average molecular weight is 327 g/mol. The molecule has 0 spiro atoms. The Morgan fingerprint density at radius 3 is 2.54 bits per heavy atom. The minimum atomic E-state index is -0.317. The van der Waals surface area contributed by atoms with Gasteiger partial charge in [-0.05, 0) is 26.1 Å². The van der Waals surface area contributed by atoms with Gasteiger partial charge in [0.25, 0.3) is 5.56 Å². The molecule has 24 heavy (non-hydrogen) atoms. The zero-order valence-corrected chi connectivity index (χ0v) is 14.3. The second kappa shape index (κ2) is 6.13. The lowest BCUT2D eigenvalue weighted by atomic mass is 10.2. The van der Waals surface area contributed by atoms with Crippen molar-refractivity contribution in [2.45, 2.75) is 19.5 Å². The number of hydrogen-bond donors (Lipinski definition) is 0. The van der Waals surface area contributed by atoms with Gasteiger partial charge in [0.1, 0.15) is 11.3 Å². The molecule has 0 aliphatic carbocycles. The second-order valence-electron chi connectivity index (χ2n) is 6.15. The number of furan rings is 1. The van der Waals surface area contributed by atoms with Gasteiger partial charge in [-0.15, -0.1) is 0 Å². The molecule has 0 N–H and O–H groups in total. The monoisotopic (exact) mass is 327 g/mol. The summed E-state index contributed by atoms with van der Waals surface area (Å²) in [6, 6.07) is 11.4. The summed E-state index contributed by atoms with van der Waals surface area (Å²) >= 11 is 0. The third kappa shape index (κ3) is 2.80. The molecule has 0 aliphatic heterocycles. The zero-order valence-electron chi connectivity index (χ0n) is 14.3. The first-order valence-corrected chi connectivity index (χ1v) is 7.83. The summed E-state index contributed by atoms with van der Waals surface area (Å²) in [6.45, 7) is 2.51. The first-order chi connectivity index (χ1) is 11.4. The fraction of sp³-hybridized carbons (Fsp3) is 0.333. The standard InChI is InChI=1S/C18H21N3O3/c1-12(16-9-13-7-5-6-8-15(13)24-16)19(2)11-14-10-17(22)21(4)18(23)20(14)3/h5-10,12H,11H2,1-4H3. The Kier molecular flexibility index (Phi) is 4.15. The average Bonchev–Trinajstić information content (AvgIpc) is 3.01. The minimum absolute atomic E-state index is 0.0107. The van der Waals surface area contributed by atoms with Gasteiger partial charge in [-0.2, -0.15) is 0 Å². The normalized spacial score (nSPS) is 12.9. The third-order valence-electron chi connectivity index (χ3n) is 4.55. The van der Waals surface area contributed by atoms with Crippen molar-refractivity contribution in [3.05, 3.63) is 68.7 Å². The van der Waals surface area contributed by atoms with Crippen LogP contribution in [0.1, 0.15) is 24.4 Å². The fourth-order valence-electron chi connectivity index (χ4n) is 2.75. The third-order valence-corrected chi connectivity index (χ3v) is 4.55. The molecule has 126 valence electrons. The Morgan fingerprint density at radius 2 is 1.83 bits per heavy atom. The Morgan fingerprint density at radius 1 is 1.12 bits per heavy atom. The lowest BCUT2D eigenvalue weighted by molar-refractivity contribution is 0.220. The summed E-state index contributed by atoms with van der Waals surface area (Å²) in [5.74, 6) is 0.854. The number of para-hydroxylation sites is 1. The van der Waals surface area contributed by atoms with Crippen LogP contribution in [0, 0.1) is 0 Å². The quantitative estimate of drug-likeness (QED) is 0.735. The molecule has 0 saturated heterocycles. The molecule has 0 saturated carbocycles. The zero-order chi connectivity index (χ0) is 17.4. The summed E-state index contributed by atoms with van der Waals surface area (Å²) in [4.78, 5) is 25.9. The molecular formula is C18H21N3O3. The highest BCUT2D eigenvalue weighted by Crippen LogP contribution is 2.27. The molecule has 1 atom stereocenters. The number of benzene rings is 1. The molecule has 1 unspecified atom stereocenters. The van der Waals surface area contributed by atoms with Crippen LogP contribution in [0.3, 0.4) is 0 Å². The highest BCUT2D eigenvalue weighted by atomic mass is 16.3. The first-order valence-electron chi connectivity index (χ1n) is 7.83. The topological polar surface area (TPSA) is 60.4 Å². The van der Waals surface area contributed by atoms with Crippen LogP contribution in [-0.4, -0.2) is 21.1 Å². The van der Waals surface area contributed by atoms with E-state index in [0.29, 0.717) is 12.2 Å². The van der Waals surface area contributed by atoms with E-state index in [1.54, 1.807) is 7.05 Å². The summed E-state index contributed by atoms with van der Waals surface area (Å²) in [7, 11) is 5.10. The van der Waals surface area contributed by atoms with Crippen molar-refractivity contribution in [3.63, 3.8) is 0 Å². The summed E-state index contributed by atoms with van der Waals surface area (Å²) in [6.07, 6.45) is 0. The van der Waals surface area contributed by atoms with Crippen molar-refractivity contribution in [1.82, 2.24) is 14.0 Å². The van der Waals surface area contributed by atoms with E-state index in [2.05, 4.69) is 0 Å². The molecule has 6 nitrogen and oxygen atoms in total.